The molecule has 0 radical (unpaired) electrons. The number of hydrogen-bond acceptors (Lipinski definition) is 3. The fourth-order valence-electron chi connectivity index (χ4n) is 1.80. The normalized spacial score (nSPS) is 11.4. The van der Waals surface area contributed by atoms with E-state index in [2.05, 4.69) is 12.2 Å². The molecule has 0 atom stereocenters. The van der Waals surface area contributed by atoms with Crippen LogP contribution in [-0.2, 0) is 9.84 Å². The van der Waals surface area contributed by atoms with Crippen molar-refractivity contribution in [1.82, 2.24) is 0 Å². The molecule has 0 unspecified atom stereocenters. The molecule has 0 fully saturated rings. The van der Waals surface area contributed by atoms with Crippen LogP contribution in [0.5, 0.6) is 0 Å². The van der Waals surface area contributed by atoms with E-state index in [9.17, 15) is 8.42 Å². The third-order valence-electron chi connectivity index (χ3n) is 2.87. The molecular weight excluding hydrogens is 246 g/mol. The molecule has 3 nitrogen and oxygen atoms in total. The summed E-state index contributed by atoms with van der Waals surface area (Å²) in [4.78, 5) is 0.374. The molecule has 1 N–H and O–H groups in total. The molecule has 1 aromatic rings. The number of rotatable bonds is 8. The molecule has 0 spiro atoms. The maximum Gasteiger partial charge on any atom is 0.175 e. The highest BCUT2D eigenvalue weighted by molar-refractivity contribution is 7.90. The summed E-state index contributed by atoms with van der Waals surface area (Å²) in [5.74, 6) is 0. The molecule has 0 aromatic heterocycles. The quantitative estimate of drug-likeness (QED) is 0.735. The largest absolute Gasteiger partial charge is 0.385 e. The number of sulfone groups is 1. The number of anilines is 1. The molecule has 0 aliphatic rings. The van der Waals surface area contributed by atoms with Crippen LogP contribution in [0.1, 0.15) is 39.0 Å². The van der Waals surface area contributed by atoms with E-state index < -0.39 is 9.84 Å². The zero-order chi connectivity index (χ0) is 13.4. The molecule has 1 rings (SSSR count). The average Bonchev–Trinajstić information content (AvgIpc) is 2.33. The summed E-state index contributed by atoms with van der Waals surface area (Å²) < 4.78 is 22.8. The van der Waals surface area contributed by atoms with Gasteiger partial charge in [-0.3, -0.25) is 0 Å². The van der Waals surface area contributed by atoms with E-state index >= 15 is 0 Å². The topological polar surface area (TPSA) is 46.2 Å². The van der Waals surface area contributed by atoms with Gasteiger partial charge in [-0.2, -0.15) is 0 Å². The van der Waals surface area contributed by atoms with Crippen molar-refractivity contribution in [2.24, 2.45) is 0 Å². The van der Waals surface area contributed by atoms with E-state index in [4.69, 9.17) is 0 Å². The second kappa shape index (κ2) is 7.41. The number of benzene rings is 1. The SMILES string of the molecule is CCCCCCCNc1cccc(S(C)(=O)=O)c1. The predicted octanol–water partition coefficient (Wildman–Crippen LogP) is 3.47. The van der Waals surface area contributed by atoms with E-state index in [0.717, 1.165) is 18.7 Å². The van der Waals surface area contributed by atoms with Crippen molar-refractivity contribution in [2.75, 3.05) is 18.1 Å². The van der Waals surface area contributed by atoms with Crippen LogP contribution in [0.4, 0.5) is 5.69 Å². The molecule has 0 bridgehead atoms. The van der Waals surface area contributed by atoms with Gasteiger partial charge in [-0.1, -0.05) is 38.7 Å². The maximum atomic E-state index is 11.4. The van der Waals surface area contributed by atoms with Crippen LogP contribution in [-0.4, -0.2) is 21.2 Å². The number of hydrogen-bond donors (Lipinski definition) is 1. The van der Waals surface area contributed by atoms with E-state index in [1.54, 1.807) is 18.2 Å². The molecule has 0 saturated carbocycles. The number of nitrogens with one attached hydrogen (secondary N) is 1. The minimum Gasteiger partial charge on any atom is -0.385 e. The van der Waals surface area contributed by atoms with Crippen molar-refractivity contribution in [3.63, 3.8) is 0 Å². The van der Waals surface area contributed by atoms with Crippen LogP contribution >= 0.6 is 0 Å². The molecule has 0 heterocycles. The number of unbranched alkanes of at least 4 members (excludes halogenated alkanes) is 4. The van der Waals surface area contributed by atoms with Gasteiger partial charge >= 0.3 is 0 Å². The standard InChI is InChI=1S/C14H23NO2S/c1-3-4-5-6-7-11-15-13-9-8-10-14(12-13)18(2,16)17/h8-10,12,15H,3-7,11H2,1-2H3. The van der Waals surface area contributed by atoms with Crippen molar-refractivity contribution in [2.45, 2.75) is 43.9 Å². The van der Waals surface area contributed by atoms with Gasteiger partial charge in [-0.05, 0) is 24.6 Å². The maximum absolute atomic E-state index is 11.4. The van der Waals surface area contributed by atoms with Crippen molar-refractivity contribution in [3.8, 4) is 0 Å². The minimum atomic E-state index is -3.11. The van der Waals surface area contributed by atoms with Gasteiger partial charge in [0.15, 0.2) is 9.84 Å². The second-order valence-electron chi connectivity index (χ2n) is 4.64. The van der Waals surface area contributed by atoms with E-state index in [-0.39, 0.29) is 0 Å². The Morgan fingerprint density at radius 2 is 1.83 bits per heavy atom. The molecule has 0 amide bonds. The van der Waals surface area contributed by atoms with Crippen LogP contribution in [0.3, 0.4) is 0 Å². The summed E-state index contributed by atoms with van der Waals surface area (Å²) in [7, 11) is -3.11. The van der Waals surface area contributed by atoms with Crippen LogP contribution in [0.2, 0.25) is 0 Å². The second-order valence-corrected chi connectivity index (χ2v) is 6.66. The lowest BCUT2D eigenvalue weighted by Gasteiger charge is -2.07. The smallest absolute Gasteiger partial charge is 0.175 e. The Balaban J connectivity index is 2.39. The molecule has 102 valence electrons. The van der Waals surface area contributed by atoms with Crippen LogP contribution < -0.4 is 5.32 Å². The Labute approximate surface area is 111 Å². The highest BCUT2D eigenvalue weighted by atomic mass is 32.2. The van der Waals surface area contributed by atoms with Gasteiger partial charge < -0.3 is 5.32 Å². The van der Waals surface area contributed by atoms with Crippen LogP contribution in [0.25, 0.3) is 0 Å². The predicted molar refractivity (Wildman–Crippen MR) is 76.8 cm³/mol. The summed E-state index contributed by atoms with van der Waals surface area (Å²) in [6.45, 7) is 3.10. The molecule has 18 heavy (non-hydrogen) atoms. The van der Waals surface area contributed by atoms with Gasteiger partial charge in [0.2, 0.25) is 0 Å². The third kappa shape index (κ3) is 5.54. The monoisotopic (exact) mass is 269 g/mol. The lowest BCUT2D eigenvalue weighted by atomic mass is 10.1. The molecule has 4 heteroatoms. The minimum absolute atomic E-state index is 0.374. The Hall–Kier alpha value is -1.03. The van der Waals surface area contributed by atoms with Crippen molar-refractivity contribution in [1.29, 1.82) is 0 Å². The lowest BCUT2D eigenvalue weighted by Crippen LogP contribution is -2.03. The first-order valence-corrected chi connectivity index (χ1v) is 8.47. The van der Waals surface area contributed by atoms with Crippen molar-refractivity contribution >= 4 is 15.5 Å². The van der Waals surface area contributed by atoms with Crippen LogP contribution in [0, 0.1) is 0 Å². The zero-order valence-corrected chi connectivity index (χ0v) is 12.1. The molecule has 0 aliphatic carbocycles. The first-order valence-electron chi connectivity index (χ1n) is 6.58. The highest BCUT2D eigenvalue weighted by Crippen LogP contribution is 2.15. The summed E-state index contributed by atoms with van der Waals surface area (Å²) >= 11 is 0. The van der Waals surface area contributed by atoms with Gasteiger partial charge in [0.1, 0.15) is 0 Å². The Kier molecular flexibility index (Phi) is 6.19. The van der Waals surface area contributed by atoms with Crippen molar-refractivity contribution < 1.29 is 8.42 Å². The highest BCUT2D eigenvalue weighted by Gasteiger charge is 2.06. The summed E-state index contributed by atoms with van der Waals surface area (Å²) in [5, 5.41) is 3.27. The average molecular weight is 269 g/mol. The van der Waals surface area contributed by atoms with Gasteiger partial charge in [0, 0.05) is 18.5 Å². The fourth-order valence-corrected chi connectivity index (χ4v) is 2.46. The summed E-state index contributed by atoms with van der Waals surface area (Å²) in [6, 6.07) is 7.00. The molecule has 1 aromatic carbocycles. The van der Waals surface area contributed by atoms with E-state index in [1.165, 1.54) is 31.9 Å². The summed E-state index contributed by atoms with van der Waals surface area (Å²) in [6.07, 6.45) is 7.42. The first kappa shape index (κ1) is 15.0. The lowest BCUT2D eigenvalue weighted by molar-refractivity contribution is 0.602. The molecule has 0 aliphatic heterocycles. The summed E-state index contributed by atoms with van der Waals surface area (Å²) in [5.41, 5.74) is 0.883. The van der Waals surface area contributed by atoms with Crippen LogP contribution in [0.15, 0.2) is 29.2 Å². The fraction of sp³-hybridized carbons (Fsp3) is 0.571. The zero-order valence-electron chi connectivity index (χ0n) is 11.3. The molecular formula is C14H23NO2S. The van der Waals surface area contributed by atoms with E-state index in [0.29, 0.717) is 4.90 Å². The van der Waals surface area contributed by atoms with E-state index in [1.807, 2.05) is 6.07 Å². The van der Waals surface area contributed by atoms with Gasteiger partial charge in [0.25, 0.3) is 0 Å². The third-order valence-corrected chi connectivity index (χ3v) is 3.98. The van der Waals surface area contributed by atoms with Gasteiger partial charge in [-0.25, -0.2) is 8.42 Å². The first-order chi connectivity index (χ1) is 8.54. The molecule has 0 saturated heterocycles. The van der Waals surface area contributed by atoms with Crippen molar-refractivity contribution in [3.05, 3.63) is 24.3 Å². The van der Waals surface area contributed by atoms with Gasteiger partial charge in [-0.15, -0.1) is 0 Å². The Bertz CT molecular complexity index is 455. The Morgan fingerprint density at radius 3 is 2.50 bits per heavy atom. The van der Waals surface area contributed by atoms with Gasteiger partial charge in [0.05, 0.1) is 4.90 Å². The Morgan fingerprint density at radius 1 is 1.11 bits per heavy atom.